The van der Waals surface area contributed by atoms with E-state index in [2.05, 4.69) is 35.9 Å². The Morgan fingerprint density at radius 1 is 1.06 bits per heavy atom. The highest BCUT2D eigenvalue weighted by molar-refractivity contribution is 9.10. The molecule has 176 valence electrons. The molecule has 0 amide bonds. The van der Waals surface area contributed by atoms with E-state index in [0.717, 1.165) is 15.7 Å². The molecule has 0 aliphatic carbocycles. The fraction of sp³-hybridized carbons (Fsp3) is 0.238. The molecule has 3 rings (SSSR count). The third kappa shape index (κ3) is 7.31. The summed E-state index contributed by atoms with van der Waals surface area (Å²) in [6.07, 6.45) is -0.293. The molecule has 8 nitrogen and oxygen atoms in total. The minimum Gasteiger partial charge on any atom is -0.475 e. The molecule has 2 aromatic heterocycles. The van der Waals surface area contributed by atoms with E-state index in [-0.39, 0.29) is 27.2 Å². The summed E-state index contributed by atoms with van der Waals surface area (Å²) in [6, 6.07) is 7.45. The maximum absolute atomic E-state index is 12.4. The zero-order valence-electron chi connectivity index (χ0n) is 17.7. The zero-order valence-corrected chi connectivity index (χ0v) is 19.3. The summed E-state index contributed by atoms with van der Waals surface area (Å²) in [5.41, 5.74) is 1.41. The Balaban J connectivity index is 0.000000479. The van der Waals surface area contributed by atoms with Crippen molar-refractivity contribution in [3.63, 3.8) is 0 Å². The van der Waals surface area contributed by atoms with E-state index in [9.17, 15) is 22.8 Å². The number of rotatable bonds is 2. The predicted octanol–water partition coefficient (Wildman–Crippen LogP) is 2.14. The van der Waals surface area contributed by atoms with Gasteiger partial charge in [-0.25, -0.2) is 9.78 Å². The van der Waals surface area contributed by atoms with Gasteiger partial charge in [-0.2, -0.15) is 13.2 Å². The molecular weight excluding hydrogens is 509 g/mol. The highest BCUT2D eigenvalue weighted by Crippen LogP contribution is 2.22. The van der Waals surface area contributed by atoms with Gasteiger partial charge in [0, 0.05) is 15.6 Å². The molecule has 3 aromatic rings. The first-order chi connectivity index (χ1) is 15.2. The van der Waals surface area contributed by atoms with Crippen LogP contribution in [0.15, 0.2) is 44.7 Å². The number of hydrogen-bond acceptors (Lipinski definition) is 4. The largest absolute Gasteiger partial charge is 0.490 e. The summed E-state index contributed by atoms with van der Waals surface area (Å²) >= 11 is 3.38. The molecular formula is C21H20BrF3N4O4. The summed E-state index contributed by atoms with van der Waals surface area (Å²) in [4.78, 5) is 46.3. The first-order valence-electron chi connectivity index (χ1n) is 9.34. The molecule has 0 aliphatic heterocycles. The van der Waals surface area contributed by atoms with Gasteiger partial charge in [0.25, 0.3) is 11.1 Å². The Morgan fingerprint density at radius 3 is 2.09 bits per heavy atom. The smallest absolute Gasteiger partial charge is 0.475 e. The van der Waals surface area contributed by atoms with Crippen LogP contribution in [0, 0.1) is 0 Å². The highest BCUT2D eigenvalue weighted by Gasteiger charge is 2.38. The first kappa shape index (κ1) is 25.8. The monoisotopic (exact) mass is 528 g/mol. The topological polar surface area (TPSA) is 132 Å². The zero-order chi connectivity index (χ0) is 25.0. The van der Waals surface area contributed by atoms with Gasteiger partial charge in [-0.15, -0.1) is 0 Å². The Hall–Kier alpha value is -3.41. The number of nitrogens with one attached hydrogen (secondary N) is 3. The molecule has 0 fully saturated rings. The number of carboxylic acids is 1. The summed E-state index contributed by atoms with van der Waals surface area (Å²) in [5.74, 6) is -2.76. The van der Waals surface area contributed by atoms with E-state index in [1.807, 2.05) is 45.0 Å². The highest BCUT2D eigenvalue weighted by atomic mass is 79.9. The average Bonchev–Trinajstić information content (AvgIpc) is 3.14. The summed E-state index contributed by atoms with van der Waals surface area (Å²) < 4.78 is 32.6. The number of benzene rings is 1. The van der Waals surface area contributed by atoms with Crippen LogP contribution in [0.25, 0.3) is 12.2 Å². The van der Waals surface area contributed by atoms with Crippen LogP contribution in [0.3, 0.4) is 0 Å². The molecule has 0 saturated carbocycles. The number of carbonyl (C=O) groups is 1. The summed E-state index contributed by atoms with van der Waals surface area (Å²) in [5, 5.41) is 7.49. The number of H-pyrrole nitrogens is 3. The van der Waals surface area contributed by atoms with Crippen LogP contribution in [0.2, 0.25) is 0 Å². The fourth-order valence-electron chi connectivity index (χ4n) is 2.61. The standard InChI is InChI=1S/C19H19BrN4O2.C2HF3O2/c1-19(2,3)16-13(21-10-22-16)9-15-18(26)23-14(17(25)24-15)8-11-5-4-6-12(20)7-11;3-2(4,5)1(6)7/h4-10H,1-3H3,(H,21,22)(H,23,26)(H,24,25);(H,6,7)/b14-8-,15-9-;. The van der Waals surface area contributed by atoms with Crippen molar-refractivity contribution in [2.45, 2.75) is 32.4 Å². The lowest BCUT2D eigenvalue weighted by molar-refractivity contribution is -0.192. The molecule has 0 saturated heterocycles. The average molecular weight is 529 g/mol. The molecule has 2 heterocycles. The molecule has 0 bridgehead atoms. The van der Waals surface area contributed by atoms with Crippen LogP contribution < -0.4 is 21.8 Å². The maximum atomic E-state index is 12.4. The van der Waals surface area contributed by atoms with Crippen LogP contribution in [0.1, 0.15) is 37.7 Å². The van der Waals surface area contributed by atoms with Crippen molar-refractivity contribution in [1.29, 1.82) is 0 Å². The number of hydrogen-bond donors (Lipinski definition) is 4. The van der Waals surface area contributed by atoms with E-state index in [4.69, 9.17) is 9.90 Å². The lowest BCUT2D eigenvalue weighted by Crippen LogP contribution is -2.46. The molecule has 0 aliphatic rings. The van der Waals surface area contributed by atoms with Gasteiger partial charge in [0.1, 0.15) is 10.7 Å². The molecule has 0 radical (unpaired) electrons. The molecule has 1 aromatic carbocycles. The fourth-order valence-corrected chi connectivity index (χ4v) is 3.03. The van der Waals surface area contributed by atoms with Gasteiger partial charge in [-0.1, -0.05) is 48.8 Å². The Bertz CT molecular complexity index is 1380. The van der Waals surface area contributed by atoms with E-state index in [0.29, 0.717) is 5.69 Å². The predicted molar refractivity (Wildman–Crippen MR) is 119 cm³/mol. The number of imidazole rings is 1. The van der Waals surface area contributed by atoms with E-state index in [1.54, 1.807) is 18.5 Å². The van der Waals surface area contributed by atoms with Gasteiger partial charge < -0.3 is 20.1 Å². The second kappa shape index (κ2) is 10.0. The Labute approximate surface area is 193 Å². The van der Waals surface area contributed by atoms with Crippen molar-refractivity contribution in [2.24, 2.45) is 0 Å². The number of aromatic nitrogens is 4. The number of carboxylic acid groups (broad SMARTS) is 1. The number of aromatic amines is 3. The molecule has 4 N–H and O–H groups in total. The SMILES string of the molecule is CC(C)(C)c1[nH]cnc1/C=c1\[nH]c(=O)/c(=C/c2cccc(Br)c2)[nH]c1=O.O=C(O)C(F)(F)F. The van der Waals surface area contributed by atoms with E-state index in [1.165, 1.54) is 0 Å². The van der Waals surface area contributed by atoms with Crippen LogP contribution in [-0.2, 0) is 10.2 Å². The molecule has 0 spiro atoms. The number of nitrogens with zero attached hydrogens (tertiary/aromatic N) is 1. The molecule has 12 heteroatoms. The molecule has 33 heavy (non-hydrogen) atoms. The quantitative estimate of drug-likeness (QED) is 0.404. The van der Waals surface area contributed by atoms with Crippen molar-refractivity contribution < 1.29 is 23.1 Å². The summed E-state index contributed by atoms with van der Waals surface area (Å²) in [7, 11) is 0. The van der Waals surface area contributed by atoms with Crippen molar-refractivity contribution in [3.05, 3.63) is 83.4 Å². The van der Waals surface area contributed by atoms with E-state index < -0.39 is 12.1 Å². The van der Waals surface area contributed by atoms with Crippen molar-refractivity contribution >= 4 is 34.1 Å². The van der Waals surface area contributed by atoms with Gasteiger partial charge in [0.2, 0.25) is 0 Å². The number of alkyl halides is 3. The third-order valence-electron chi connectivity index (χ3n) is 4.09. The normalized spacial score (nSPS) is 12.9. The number of aliphatic carboxylic acids is 1. The molecule has 0 atom stereocenters. The van der Waals surface area contributed by atoms with Gasteiger partial charge in [0.05, 0.1) is 12.0 Å². The van der Waals surface area contributed by atoms with Crippen molar-refractivity contribution in [3.8, 4) is 0 Å². The third-order valence-corrected chi connectivity index (χ3v) is 4.58. The lowest BCUT2D eigenvalue weighted by Gasteiger charge is -2.16. The minimum atomic E-state index is -5.08. The summed E-state index contributed by atoms with van der Waals surface area (Å²) in [6.45, 7) is 6.13. The lowest BCUT2D eigenvalue weighted by atomic mass is 9.90. The maximum Gasteiger partial charge on any atom is 0.490 e. The Morgan fingerprint density at radius 2 is 1.61 bits per heavy atom. The van der Waals surface area contributed by atoms with E-state index >= 15 is 0 Å². The van der Waals surface area contributed by atoms with Gasteiger partial charge in [-0.3, -0.25) is 9.59 Å². The second-order valence-corrected chi connectivity index (χ2v) is 8.71. The minimum absolute atomic E-state index is 0.163. The molecule has 0 unspecified atom stereocenters. The van der Waals surface area contributed by atoms with Crippen LogP contribution in [0.5, 0.6) is 0 Å². The van der Waals surface area contributed by atoms with Crippen molar-refractivity contribution in [2.75, 3.05) is 0 Å². The second-order valence-electron chi connectivity index (χ2n) is 7.79. The van der Waals surface area contributed by atoms with Crippen molar-refractivity contribution in [1.82, 2.24) is 19.9 Å². The van der Waals surface area contributed by atoms with Crippen LogP contribution in [0.4, 0.5) is 13.2 Å². The Kier molecular flexibility index (Phi) is 7.85. The van der Waals surface area contributed by atoms with Crippen LogP contribution >= 0.6 is 15.9 Å². The van der Waals surface area contributed by atoms with Gasteiger partial charge >= 0.3 is 12.1 Å². The van der Waals surface area contributed by atoms with Gasteiger partial charge in [0.15, 0.2) is 0 Å². The number of halogens is 4. The van der Waals surface area contributed by atoms with Gasteiger partial charge in [-0.05, 0) is 29.8 Å². The first-order valence-corrected chi connectivity index (χ1v) is 10.1. The van der Waals surface area contributed by atoms with Crippen LogP contribution in [-0.4, -0.2) is 37.2 Å².